The number of amides is 1. The number of rotatable bonds is 12. The van der Waals surface area contributed by atoms with Gasteiger partial charge in [0.15, 0.2) is 9.84 Å². The molecule has 39 heavy (non-hydrogen) atoms. The standard InChI is InChI=1S/C25H36N3O9PS/c1-17(16-39(33,34)22-10-8-21(26)9-11-22)24(20-12-13-35-15-20)36-25(29)28(27)23(18(2)37-38(30,31)32)14-19-6-4-3-5-7-19/h3-11,17-18,20,23-24H,12-16,26-27H2,1-2H3,(H2,30,31,32)/t17?,18-,20+,23+,24?/m1/s1. The smallest absolute Gasteiger partial charge is 0.444 e. The van der Waals surface area contributed by atoms with Gasteiger partial charge in [-0.25, -0.2) is 28.6 Å². The molecule has 1 aliphatic rings. The molecule has 216 valence electrons. The summed E-state index contributed by atoms with van der Waals surface area (Å²) < 4.78 is 53.8. The van der Waals surface area contributed by atoms with Crippen LogP contribution < -0.4 is 11.6 Å². The van der Waals surface area contributed by atoms with E-state index in [0.717, 1.165) is 10.6 Å². The van der Waals surface area contributed by atoms with Gasteiger partial charge in [-0.3, -0.25) is 4.52 Å². The lowest BCUT2D eigenvalue weighted by Crippen LogP contribution is -2.54. The number of ether oxygens (including phenoxy) is 2. The van der Waals surface area contributed by atoms with Crippen LogP contribution in [0.3, 0.4) is 0 Å². The highest BCUT2D eigenvalue weighted by molar-refractivity contribution is 7.91. The Balaban J connectivity index is 1.81. The van der Waals surface area contributed by atoms with E-state index in [1.54, 1.807) is 37.3 Å². The Morgan fingerprint density at radius 1 is 1.15 bits per heavy atom. The predicted molar refractivity (Wildman–Crippen MR) is 144 cm³/mol. The fourth-order valence-corrected chi connectivity index (χ4v) is 6.85. The minimum Gasteiger partial charge on any atom is -0.444 e. The third-order valence-corrected chi connectivity index (χ3v) is 9.21. The van der Waals surface area contributed by atoms with Crippen molar-refractivity contribution in [2.75, 3.05) is 24.7 Å². The zero-order valence-electron chi connectivity index (χ0n) is 21.8. The molecule has 2 aromatic carbocycles. The van der Waals surface area contributed by atoms with Crippen LogP contribution in [-0.4, -0.2) is 66.5 Å². The number of hydrogen-bond donors (Lipinski definition) is 4. The van der Waals surface area contributed by atoms with Crippen LogP contribution in [0.4, 0.5) is 10.5 Å². The van der Waals surface area contributed by atoms with Gasteiger partial charge < -0.3 is 25.0 Å². The molecule has 0 radical (unpaired) electrons. The second-order valence-corrected chi connectivity index (χ2v) is 13.0. The summed E-state index contributed by atoms with van der Waals surface area (Å²) in [6.45, 7) is 3.78. The van der Waals surface area contributed by atoms with E-state index in [1.165, 1.54) is 31.2 Å². The van der Waals surface area contributed by atoms with Crippen LogP contribution in [0.1, 0.15) is 25.8 Å². The van der Waals surface area contributed by atoms with Crippen molar-refractivity contribution in [1.29, 1.82) is 0 Å². The topological polar surface area (TPSA) is 192 Å². The largest absolute Gasteiger partial charge is 0.469 e. The SMILES string of the molecule is CC(CS(=O)(=O)c1ccc(N)cc1)C(OC(=O)N(N)[C@@H](Cc1ccccc1)[C@@H](C)OP(=O)(O)O)[C@H]1CCOC1. The third kappa shape index (κ3) is 9.00. The van der Waals surface area contributed by atoms with E-state index < -0.39 is 47.9 Å². The molecule has 0 aromatic heterocycles. The van der Waals surface area contributed by atoms with Gasteiger partial charge in [0.25, 0.3) is 0 Å². The van der Waals surface area contributed by atoms with E-state index in [-0.39, 0.29) is 29.6 Å². The number of carbonyl (C=O) groups excluding carboxylic acids is 1. The van der Waals surface area contributed by atoms with Crippen LogP contribution in [0.5, 0.6) is 0 Å². The van der Waals surface area contributed by atoms with Gasteiger partial charge in [0.2, 0.25) is 0 Å². The lowest BCUT2D eigenvalue weighted by atomic mass is 9.92. The van der Waals surface area contributed by atoms with Crippen LogP contribution in [0.2, 0.25) is 0 Å². The molecule has 6 N–H and O–H groups in total. The van der Waals surface area contributed by atoms with Gasteiger partial charge in [0.1, 0.15) is 6.10 Å². The van der Waals surface area contributed by atoms with E-state index in [4.69, 9.17) is 25.6 Å². The minimum absolute atomic E-state index is 0.100. The van der Waals surface area contributed by atoms with Crippen LogP contribution in [0.15, 0.2) is 59.5 Å². The Morgan fingerprint density at radius 2 is 1.79 bits per heavy atom. The summed E-state index contributed by atoms with van der Waals surface area (Å²) in [6, 6.07) is 13.7. The maximum absolute atomic E-state index is 13.3. The first-order valence-corrected chi connectivity index (χ1v) is 15.6. The molecule has 5 atom stereocenters. The number of carbonyl (C=O) groups is 1. The number of anilines is 1. The highest BCUT2D eigenvalue weighted by Gasteiger charge is 2.39. The molecule has 0 saturated carbocycles. The Hall–Kier alpha value is -2.51. The number of hydrogen-bond acceptors (Lipinski definition) is 9. The van der Waals surface area contributed by atoms with Crippen molar-refractivity contribution in [2.24, 2.45) is 17.7 Å². The molecule has 3 rings (SSSR count). The Labute approximate surface area is 228 Å². The molecule has 0 aliphatic carbocycles. The summed E-state index contributed by atoms with van der Waals surface area (Å²) in [7, 11) is -8.63. The van der Waals surface area contributed by atoms with E-state index in [1.807, 2.05) is 0 Å². The third-order valence-electron chi connectivity index (χ3n) is 6.65. The molecule has 1 aliphatic heterocycles. The number of nitrogens with zero attached hydrogens (tertiary/aromatic N) is 1. The number of phosphoric ester groups is 1. The van der Waals surface area contributed by atoms with Crippen molar-refractivity contribution in [1.82, 2.24) is 5.01 Å². The second-order valence-electron chi connectivity index (χ2n) is 9.77. The first-order valence-electron chi connectivity index (χ1n) is 12.5. The van der Waals surface area contributed by atoms with Gasteiger partial charge >= 0.3 is 13.9 Å². The summed E-state index contributed by atoms with van der Waals surface area (Å²) in [6.07, 6.45) is -2.33. The van der Waals surface area contributed by atoms with E-state index in [2.05, 4.69) is 0 Å². The first-order chi connectivity index (χ1) is 18.3. The molecule has 12 nitrogen and oxygen atoms in total. The summed E-state index contributed by atoms with van der Waals surface area (Å²) in [5.74, 6) is 4.97. The number of benzene rings is 2. The Morgan fingerprint density at radius 3 is 2.36 bits per heavy atom. The quantitative estimate of drug-likeness (QED) is 0.0940. The first kappa shape index (κ1) is 31.0. The van der Waals surface area contributed by atoms with Gasteiger partial charge in [0, 0.05) is 24.1 Å². The van der Waals surface area contributed by atoms with Gasteiger partial charge in [-0.2, -0.15) is 0 Å². The second kappa shape index (κ2) is 13.2. The number of nitrogens with two attached hydrogens (primary N) is 2. The molecule has 2 aromatic rings. The number of nitrogen functional groups attached to an aromatic ring is 1. The van der Waals surface area contributed by atoms with Crippen molar-refractivity contribution in [3.05, 3.63) is 60.2 Å². The summed E-state index contributed by atoms with van der Waals surface area (Å²) in [5, 5.41) is 0.747. The number of sulfone groups is 1. The maximum atomic E-state index is 13.3. The van der Waals surface area contributed by atoms with Crippen LogP contribution in [-0.2, 0) is 34.8 Å². The van der Waals surface area contributed by atoms with Crippen LogP contribution in [0, 0.1) is 11.8 Å². The fraction of sp³-hybridized carbons (Fsp3) is 0.480. The normalized spacial score (nSPS) is 19.2. The average molecular weight is 586 g/mol. The molecule has 0 spiro atoms. The molecule has 1 heterocycles. The molecular formula is C25H36N3O9PS. The average Bonchev–Trinajstić information content (AvgIpc) is 3.39. The maximum Gasteiger partial charge on any atom is 0.469 e. The minimum atomic E-state index is -4.89. The highest BCUT2D eigenvalue weighted by atomic mass is 32.2. The summed E-state index contributed by atoms with van der Waals surface area (Å²) in [4.78, 5) is 32.1. The number of hydrazine groups is 1. The van der Waals surface area contributed by atoms with Crippen molar-refractivity contribution in [2.45, 2.75) is 49.8 Å². The van der Waals surface area contributed by atoms with Gasteiger partial charge in [0.05, 0.1) is 29.4 Å². The van der Waals surface area contributed by atoms with Gasteiger partial charge in [-0.15, -0.1) is 0 Å². The summed E-state index contributed by atoms with van der Waals surface area (Å²) >= 11 is 0. The molecule has 0 bridgehead atoms. The lowest BCUT2D eigenvalue weighted by Gasteiger charge is -2.34. The molecule has 1 fully saturated rings. The lowest BCUT2D eigenvalue weighted by molar-refractivity contribution is -0.0128. The van der Waals surface area contributed by atoms with Crippen molar-refractivity contribution in [3.8, 4) is 0 Å². The van der Waals surface area contributed by atoms with Crippen molar-refractivity contribution >= 4 is 29.4 Å². The number of phosphoric acid groups is 1. The zero-order chi connectivity index (χ0) is 28.8. The predicted octanol–water partition coefficient (Wildman–Crippen LogP) is 2.51. The molecule has 2 unspecified atom stereocenters. The molecule has 14 heteroatoms. The van der Waals surface area contributed by atoms with E-state index >= 15 is 0 Å². The highest BCUT2D eigenvalue weighted by Crippen LogP contribution is 2.39. The van der Waals surface area contributed by atoms with Crippen molar-refractivity contribution in [3.63, 3.8) is 0 Å². The molecule has 1 amide bonds. The monoisotopic (exact) mass is 585 g/mol. The Kier molecular flexibility index (Phi) is 10.5. The molecular weight excluding hydrogens is 549 g/mol. The van der Waals surface area contributed by atoms with Gasteiger partial charge in [-0.05, 0) is 49.6 Å². The van der Waals surface area contributed by atoms with Crippen molar-refractivity contribution < 1.29 is 41.6 Å². The van der Waals surface area contributed by atoms with Gasteiger partial charge in [-0.1, -0.05) is 37.3 Å². The van der Waals surface area contributed by atoms with Crippen LogP contribution in [0.25, 0.3) is 0 Å². The Bertz CT molecular complexity index is 1240. The van der Waals surface area contributed by atoms with E-state index in [9.17, 15) is 27.6 Å². The molecule has 1 saturated heterocycles. The zero-order valence-corrected chi connectivity index (χ0v) is 23.5. The summed E-state index contributed by atoms with van der Waals surface area (Å²) in [5.41, 5.74) is 6.86. The van der Waals surface area contributed by atoms with E-state index in [0.29, 0.717) is 18.7 Å². The fourth-order valence-electron chi connectivity index (χ4n) is 4.65. The van der Waals surface area contributed by atoms with Crippen LogP contribution >= 0.6 is 7.82 Å².